The zero-order valence-electron chi connectivity index (χ0n) is 7.89. The predicted octanol–water partition coefficient (Wildman–Crippen LogP) is 1.09. The van der Waals surface area contributed by atoms with Gasteiger partial charge < -0.3 is 9.90 Å². The van der Waals surface area contributed by atoms with Crippen LogP contribution in [0.15, 0.2) is 0 Å². The predicted molar refractivity (Wildman–Crippen MR) is 45.8 cm³/mol. The Bertz CT molecular complexity index is 182. The lowest BCUT2D eigenvalue weighted by molar-refractivity contribution is -0.123. The van der Waals surface area contributed by atoms with E-state index < -0.39 is 5.60 Å². The highest BCUT2D eigenvalue weighted by Gasteiger charge is 2.22. The maximum atomic E-state index is 10.7. The Morgan fingerprint density at radius 2 is 1.75 bits per heavy atom. The summed E-state index contributed by atoms with van der Waals surface area (Å²) in [6.07, 6.45) is 0.822. The second kappa shape index (κ2) is 4.36. The van der Waals surface area contributed by atoms with Crippen LogP contribution in [0.2, 0.25) is 0 Å². The zero-order chi connectivity index (χ0) is 9.78. The molecule has 0 radical (unpaired) electrons. The third-order valence-corrected chi connectivity index (χ3v) is 1.65. The van der Waals surface area contributed by atoms with Crippen molar-refractivity contribution >= 4 is 11.6 Å². The van der Waals surface area contributed by atoms with Gasteiger partial charge in [-0.1, -0.05) is 0 Å². The van der Waals surface area contributed by atoms with Crippen LogP contribution >= 0.6 is 0 Å². The van der Waals surface area contributed by atoms with E-state index >= 15 is 0 Å². The molecule has 0 aromatic carbocycles. The summed E-state index contributed by atoms with van der Waals surface area (Å²) < 4.78 is 0. The van der Waals surface area contributed by atoms with Crippen molar-refractivity contribution in [2.75, 3.05) is 0 Å². The Balaban J connectivity index is 3.86. The molecule has 3 heteroatoms. The van der Waals surface area contributed by atoms with Crippen molar-refractivity contribution in [3.05, 3.63) is 0 Å². The van der Waals surface area contributed by atoms with E-state index in [0.717, 1.165) is 0 Å². The van der Waals surface area contributed by atoms with Crippen LogP contribution in [0, 0.1) is 0 Å². The molecule has 0 aromatic heterocycles. The third kappa shape index (κ3) is 6.04. The van der Waals surface area contributed by atoms with Gasteiger partial charge in [0.2, 0.25) is 0 Å². The van der Waals surface area contributed by atoms with Crippen LogP contribution < -0.4 is 0 Å². The van der Waals surface area contributed by atoms with Crippen molar-refractivity contribution in [2.45, 2.75) is 45.6 Å². The Morgan fingerprint density at radius 3 is 2.08 bits per heavy atom. The van der Waals surface area contributed by atoms with Gasteiger partial charge in [-0.25, -0.2) is 0 Å². The number of hydrogen-bond acceptors (Lipinski definition) is 3. The lowest BCUT2D eigenvalue weighted by Gasteiger charge is -2.20. The van der Waals surface area contributed by atoms with Crippen molar-refractivity contribution in [2.24, 2.45) is 0 Å². The quantitative estimate of drug-likeness (QED) is 0.675. The van der Waals surface area contributed by atoms with Gasteiger partial charge in [-0.3, -0.25) is 4.79 Å². The fraction of sp³-hybridized carbons (Fsp3) is 0.778. The third-order valence-electron chi connectivity index (χ3n) is 1.65. The van der Waals surface area contributed by atoms with Crippen molar-refractivity contribution in [1.29, 1.82) is 0 Å². The maximum Gasteiger partial charge on any atom is 0.132 e. The molecule has 12 heavy (non-hydrogen) atoms. The van der Waals surface area contributed by atoms with Gasteiger partial charge in [0.15, 0.2) is 0 Å². The number of Topliss-reactive ketones (excluding diaryl/α,β-unsaturated/α-hetero) is 2. The van der Waals surface area contributed by atoms with Gasteiger partial charge in [0.05, 0.1) is 5.60 Å². The van der Waals surface area contributed by atoms with Crippen LogP contribution in [-0.2, 0) is 9.59 Å². The summed E-state index contributed by atoms with van der Waals surface area (Å²) in [6, 6.07) is 0. The molecule has 0 aliphatic carbocycles. The minimum absolute atomic E-state index is 0.0406. The Hall–Kier alpha value is -0.700. The zero-order valence-corrected chi connectivity index (χ0v) is 7.89. The number of rotatable bonds is 5. The Kier molecular flexibility index (Phi) is 4.10. The van der Waals surface area contributed by atoms with E-state index in [2.05, 4.69) is 0 Å². The Labute approximate surface area is 72.8 Å². The molecular formula is C9H16O3. The number of carbonyl (C=O) groups excluding carboxylic acids is 2. The van der Waals surface area contributed by atoms with E-state index in [4.69, 9.17) is 0 Å². The minimum atomic E-state index is -1.02. The van der Waals surface area contributed by atoms with E-state index in [1.165, 1.54) is 13.8 Å². The van der Waals surface area contributed by atoms with Crippen LogP contribution in [0.1, 0.15) is 40.0 Å². The molecule has 0 spiro atoms. The fourth-order valence-corrected chi connectivity index (χ4v) is 1.07. The molecule has 0 aliphatic heterocycles. The van der Waals surface area contributed by atoms with E-state index in [1.54, 1.807) is 6.92 Å². The van der Waals surface area contributed by atoms with Crippen molar-refractivity contribution < 1.29 is 14.7 Å². The maximum absolute atomic E-state index is 10.7. The first kappa shape index (κ1) is 11.3. The topological polar surface area (TPSA) is 54.4 Å². The standard InChI is InChI=1S/C9H16O3/c1-7(10)4-5-9(3,12)6-8(2)11/h12H,4-6H2,1-3H3. The van der Waals surface area contributed by atoms with E-state index in [1.807, 2.05) is 0 Å². The summed E-state index contributed by atoms with van der Waals surface area (Å²) in [5.74, 6) is -0.0117. The van der Waals surface area contributed by atoms with Crippen LogP contribution in [-0.4, -0.2) is 22.3 Å². The molecule has 1 atom stereocenters. The van der Waals surface area contributed by atoms with Gasteiger partial charge in [-0.15, -0.1) is 0 Å². The molecule has 0 amide bonds. The number of carbonyl (C=O) groups is 2. The largest absolute Gasteiger partial charge is 0.390 e. The number of hydrogen-bond donors (Lipinski definition) is 1. The summed E-state index contributed by atoms with van der Waals surface area (Å²) in [5, 5.41) is 9.56. The molecule has 0 heterocycles. The molecule has 0 saturated carbocycles. The van der Waals surface area contributed by atoms with Gasteiger partial charge in [0, 0.05) is 12.8 Å². The van der Waals surface area contributed by atoms with Gasteiger partial charge in [-0.2, -0.15) is 0 Å². The first-order chi connectivity index (χ1) is 5.33. The van der Waals surface area contributed by atoms with Gasteiger partial charge in [0.25, 0.3) is 0 Å². The van der Waals surface area contributed by atoms with Gasteiger partial charge in [0.1, 0.15) is 11.6 Å². The van der Waals surface area contributed by atoms with Gasteiger partial charge in [-0.05, 0) is 27.2 Å². The average molecular weight is 172 g/mol. The lowest BCUT2D eigenvalue weighted by atomic mass is 9.93. The number of ketones is 2. The molecule has 0 rings (SSSR count). The second-order valence-corrected chi connectivity index (χ2v) is 3.58. The molecule has 1 N–H and O–H groups in total. The molecule has 70 valence electrons. The first-order valence-electron chi connectivity index (χ1n) is 4.05. The van der Waals surface area contributed by atoms with Crippen molar-refractivity contribution in [1.82, 2.24) is 0 Å². The lowest BCUT2D eigenvalue weighted by Crippen LogP contribution is -2.27. The summed E-state index contributed by atoms with van der Waals surface area (Å²) in [6.45, 7) is 4.49. The molecular weight excluding hydrogens is 156 g/mol. The first-order valence-corrected chi connectivity index (χ1v) is 4.05. The fourth-order valence-electron chi connectivity index (χ4n) is 1.07. The molecule has 0 aliphatic rings. The summed E-state index contributed by atoms with van der Waals surface area (Å²) >= 11 is 0. The molecule has 3 nitrogen and oxygen atoms in total. The minimum Gasteiger partial charge on any atom is -0.390 e. The normalized spacial score (nSPS) is 15.3. The second-order valence-electron chi connectivity index (χ2n) is 3.58. The summed E-state index contributed by atoms with van der Waals surface area (Å²) in [4.78, 5) is 21.2. The number of aliphatic hydroxyl groups is 1. The van der Waals surface area contributed by atoms with Crippen LogP contribution in [0.25, 0.3) is 0 Å². The molecule has 0 bridgehead atoms. The highest BCUT2D eigenvalue weighted by Crippen LogP contribution is 2.16. The van der Waals surface area contributed by atoms with Crippen LogP contribution in [0.4, 0.5) is 0 Å². The highest BCUT2D eigenvalue weighted by molar-refractivity contribution is 5.77. The summed E-state index contributed by atoms with van der Waals surface area (Å²) in [7, 11) is 0. The molecule has 1 unspecified atom stereocenters. The molecule has 0 fully saturated rings. The SMILES string of the molecule is CC(=O)CCC(C)(O)CC(C)=O. The van der Waals surface area contributed by atoms with E-state index in [9.17, 15) is 14.7 Å². The monoisotopic (exact) mass is 172 g/mol. The highest BCUT2D eigenvalue weighted by atomic mass is 16.3. The van der Waals surface area contributed by atoms with Crippen LogP contribution in [0.3, 0.4) is 0 Å². The molecule has 0 aromatic rings. The average Bonchev–Trinajstić information content (AvgIpc) is 1.81. The molecule has 0 saturated heterocycles. The Morgan fingerprint density at radius 1 is 1.25 bits per heavy atom. The van der Waals surface area contributed by atoms with E-state index in [0.29, 0.717) is 12.8 Å². The summed E-state index contributed by atoms with van der Waals surface area (Å²) in [5.41, 5.74) is -1.02. The smallest absolute Gasteiger partial charge is 0.132 e. The van der Waals surface area contributed by atoms with E-state index in [-0.39, 0.29) is 18.0 Å². The van der Waals surface area contributed by atoms with Crippen molar-refractivity contribution in [3.8, 4) is 0 Å². The van der Waals surface area contributed by atoms with Crippen LogP contribution in [0.5, 0.6) is 0 Å². The van der Waals surface area contributed by atoms with Crippen molar-refractivity contribution in [3.63, 3.8) is 0 Å². The van der Waals surface area contributed by atoms with Gasteiger partial charge >= 0.3 is 0 Å².